The molecule has 1 aliphatic heterocycles. The van der Waals surface area contributed by atoms with Crippen LogP contribution in [0.25, 0.3) is 0 Å². The molecule has 0 bridgehead atoms. The third-order valence-electron chi connectivity index (χ3n) is 5.46. The Morgan fingerprint density at radius 1 is 1.32 bits per heavy atom. The van der Waals surface area contributed by atoms with E-state index >= 15 is 0 Å². The van der Waals surface area contributed by atoms with Crippen molar-refractivity contribution in [3.63, 3.8) is 0 Å². The van der Waals surface area contributed by atoms with Crippen LogP contribution in [0.3, 0.4) is 0 Å². The van der Waals surface area contributed by atoms with Gasteiger partial charge in [-0.3, -0.25) is 4.98 Å². The van der Waals surface area contributed by atoms with Gasteiger partial charge in [0.25, 0.3) is 0 Å². The molecule has 22 heavy (non-hydrogen) atoms. The molecular weight excluding hydrogens is 274 g/mol. The average molecular weight is 305 g/mol. The monoisotopic (exact) mass is 305 g/mol. The molecule has 1 atom stereocenters. The summed E-state index contributed by atoms with van der Waals surface area (Å²) in [6.07, 6.45) is 3.79. The van der Waals surface area contributed by atoms with Crippen molar-refractivity contribution >= 4 is 5.69 Å². The molecule has 1 aliphatic rings. The first-order chi connectivity index (χ1) is 10.2. The molecule has 4 nitrogen and oxygen atoms in total. The van der Waals surface area contributed by atoms with Crippen LogP contribution in [0.15, 0.2) is 18.3 Å². The van der Waals surface area contributed by atoms with Crippen molar-refractivity contribution in [3.8, 4) is 0 Å². The number of anilines is 1. The third-order valence-corrected chi connectivity index (χ3v) is 5.46. The second kappa shape index (κ2) is 6.17. The molecule has 0 unspecified atom stereocenters. The molecule has 1 fully saturated rings. The summed E-state index contributed by atoms with van der Waals surface area (Å²) in [6, 6.07) is 4.24. The SMILES string of the molecule is CC(C)c1ccc(N2CCC[C@@](O)(C(C)(C)N(C)C)C2)cn1. The zero-order valence-electron chi connectivity index (χ0n) is 14.9. The maximum atomic E-state index is 11.2. The zero-order chi connectivity index (χ0) is 16.5. The molecule has 1 aromatic heterocycles. The van der Waals surface area contributed by atoms with Crippen LogP contribution in [-0.4, -0.2) is 53.3 Å². The zero-order valence-corrected chi connectivity index (χ0v) is 14.9. The molecule has 0 radical (unpaired) electrons. The number of nitrogens with zero attached hydrogens (tertiary/aromatic N) is 3. The first kappa shape index (κ1) is 17.2. The lowest BCUT2D eigenvalue weighted by atomic mass is 9.76. The van der Waals surface area contributed by atoms with Crippen LogP contribution in [0.2, 0.25) is 0 Å². The van der Waals surface area contributed by atoms with Gasteiger partial charge in [0.05, 0.1) is 17.5 Å². The summed E-state index contributed by atoms with van der Waals surface area (Å²) < 4.78 is 0. The minimum atomic E-state index is -0.717. The summed E-state index contributed by atoms with van der Waals surface area (Å²) in [4.78, 5) is 8.96. The van der Waals surface area contributed by atoms with Gasteiger partial charge in [0.2, 0.25) is 0 Å². The second-order valence-electron chi connectivity index (χ2n) is 7.61. The molecule has 0 aliphatic carbocycles. The Morgan fingerprint density at radius 3 is 2.50 bits per heavy atom. The van der Waals surface area contributed by atoms with Crippen LogP contribution < -0.4 is 4.90 Å². The van der Waals surface area contributed by atoms with Crippen LogP contribution >= 0.6 is 0 Å². The highest BCUT2D eigenvalue weighted by molar-refractivity contribution is 5.46. The first-order valence-corrected chi connectivity index (χ1v) is 8.28. The number of rotatable bonds is 4. The standard InChI is InChI=1S/C18H31N3O/c1-14(2)16-9-8-15(12-19-16)21-11-7-10-18(22,13-21)17(3,4)20(5)6/h8-9,12,14,22H,7,10-11,13H2,1-6H3/t18-/m0/s1. The molecule has 0 saturated carbocycles. The number of β-amino-alcohol motifs (C(OH)–C–C–N with tert-alkyl or cyclic N) is 1. The molecule has 1 aromatic rings. The summed E-state index contributed by atoms with van der Waals surface area (Å²) in [5, 5.41) is 11.2. The maximum Gasteiger partial charge on any atom is 0.0999 e. The second-order valence-corrected chi connectivity index (χ2v) is 7.61. The fourth-order valence-corrected chi connectivity index (χ4v) is 3.10. The van der Waals surface area contributed by atoms with Crippen LogP contribution in [0, 0.1) is 0 Å². The molecule has 0 spiro atoms. The fourth-order valence-electron chi connectivity index (χ4n) is 3.10. The molecule has 124 valence electrons. The lowest BCUT2D eigenvalue weighted by Crippen LogP contribution is -2.65. The van der Waals surface area contributed by atoms with Gasteiger partial charge in [-0.2, -0.15) is 0 Å². The summed E-state index contributed by atoms with van der Waals surface area (Å²) in [6.45, 7) is 10.2. The topological polar surface area (TPSA) is 39.6 Å². The predicted octanol–water partition coefficient (Wildman–Crippen LogP) is 2.88. The quantitative estimate of drug-likeness (QED) is 0.928. The van der Waals surface area contributed by atoms with Crippen LogP contribution in [0.1, 0.15) is 52.1 Å². The molecule has 2 heterocycles. The highest BCUT2D eigenvalue weighted by atomic mass is 16.3. The number of aliphatic hydroxyl groups is 1. The molecule has 4 heteroatoms. The van der Waals surface area contributed by atoms with E-state index in [1.165, 1.54) is 0 Å². The molecule has 2 rings (SSSR count). The Labute approximate surface area is 135 Å². The van der Waals surface area contributed by atoms with Gasteiger partial charge >= 0.3 is 0 Å². The van der Waals surface area contributed by atoms with Crippen LogP contribution in [0.5, 0.6) is 0 Å². The van der Waals surface area contributed by atoms with Crippen molar-refractivity contribution in [3.05, 3.63) is 24.0 Å². The van der Waals surface area contributed by atoms with Gasteiger partial charge in [0, 0.05) is 24.3 Å². The average Bonchev–Trinajstić information content (AvgIpc) is 2.47. The molecule has 0 aromatic carbocycles. The summed E-state index contributed by atoms with van der Waals surface area (Å²) in [7, 11) is 4.08. The van der Waals surface area contributed by atoms with Crippen molar-refractivity contribution in [2.75, 3.05) is 32.1 Å². The van der Waals surface area contributed by atoms with Crippen molar-refractivity contribution in [1.29, 1.82) is 0 Å². The van der Waals surface area contributed by atoms with Gasteiger partial charge in [0.1, 0.15) is 0 Å². The van der Waals surface area contributed by atoms with Crippen molar-refractivity contribution in [2.24, 2.45) is 0 Å². The Kier molecular flexibility index (Phi) is 4.83. The number of likely N-dealkylation sites (N-methyl/N-ethyl adjacent to an activating group) is 1. The highest BCUT2D eigenvalue weighted by Crippen LogP contribution is 2.36. The van der Waals surface area contributed by atoms with Crippen LogP contribution in [-0.2, 0) is 0 Å². The van der Waals surface area contributed by atoms with E-state index in [0.717, 1.165) is 30.8 Å². The minimum Gasteiger partial charge on any atom is -0.386 e. The van der Waals surface area contributed by atoms with E-state index in [1.807, 2.05) is 20.3 Å². The Hall–Kier alpha value is -1.13. The normalized spacial score (nSPS) is 23.4. The minimum absolute atomic E-state index is 0.267. The third kappa shape index (κ3) is 3.13. The summed E-state index contributed by atoms with van der Waals surface area (Å²) >= 11 is 0. The van der Waals surface area contributed by atoms with Gasteiger partial charge < -0.3 is 14.9 Å². The lowest BCUT2D eigenvalue weighted by Gasteiger charge is -2.52. The van der Waals surface area contributed by atoms with E-state index in [1.54, 1.807) is 0 Å². The first-order valence-electron chi connectivity index (χ1n) is 8.28. The van der Waals surface area contributed by atoms with E-state index in [0.29, 0.717) is 12.5 Å². The van der Waals surface area contributed by atoms with Crippen molar-refractivity contribution in [1.82, 2.24) is 9.88 Å². The van der Waals surface area contributed by atoms with E-state index in [4.69, 9.17) is 0 Å². The highest BCUT2D eigenvalue weighted by Gasteiger charge is 2.47. The smallest absolute Gasteiger partial charge is 0.0999 e. The van der Waals surface area contributed by atoms with Gasteiger partial charge in [-0.25, -0.2) is 0 Å². The molecule has 0 amide bonds. The Balaban J connectivity index is 2.20. The number of hydrogen-bond donors (Lipinski definition) is 1. The van der Waals surface area contributed by atoms with Gasteiger partial charge in [0.15, 0.2) is 0 Å². The number of hydrogen-bond acceptors (Lipinski definition) is 4. The predicted molar refractivity (Wildman–Crippen MR) is 92.5 cm³/mol. The van der Waals surface area contributed by atoms with Gasteiger partial charge in [-0.05, 0) is 58.8 Å². The number of piperidine rings is 1. The summed E-state index contributed by atoms with van der Waals surface area (Å²) in [5.41, 5.74) is 1.24. The van der Waals surface area contributed by atoms with E-state index in [2.05, 4.69) is 54.6 Å². The number of aromatic nitrogens is 1. The summed E-state index contributed by atoms with van der Waals surface area (Å²) in [5.74, 6) is 0.444. The molecular formula is C18H31N3O. The fraction of sp³-hybridized carbons (Fsp3) is 0.722. The molecule has 1 N–H and O–H groups in total. The van der Waals surface area contributed by atoms with E-state index in [9.17, 15) is 5.11 Å². The van der Waals surface area contributed by atoms with Crippen molar-refractivity contribution in [2.45, 2.75) is 57.6 Å². The van der Waals surface area contributed by atoms with Gasteiger partial charge in [-0.15, -0.1) is 0 Å². The van der Waals surface area contributed by atoms with Crippen LogP contribution in [0.4, 0.5) is 5.69 Å². The van der Waals surface area contributed by atoms with Crippen molar-refractivity contribution < 1.29 is 5.11 Å². The van der Waals surface area contributed by atoms with E-state index in [-0.39, 0.29) is 5.54 Å². The Morgan fingerprint density at radius 2 is 2.00 bits per heavy atom. The van der Waals surface area contributed by atoms with Gasteiger partial charge in [-0.1, -0.05) is 13.8 Å². The molecule has 1 saturated heterocycles. The maximum absolute atomic E-state index is 11.2. The largest absolute Gasteiger partial charge is 0.386 e. The lowest BCUT2D eigenvalue weighted by molar-refractivity contribution is -0.0882. The van der Waals surface area contributed by atoms with E-state index < -0.39 is 5.60 Å². The Bertz CT molecular complexity index is 496. The number of pyridine rings is 1.